The lowest BCUT2D eigenvalue weighted by molar-refractivity contribution is 0.528. The van der Waals surface area contributed by atoms with Gasteiger partial charge in [-0.2, -0.15) is 0 Å². The van der Waals surface area contributed by atoms with Crippen molar-refractivity contribution in [3.8, 4) is 0 Å². The van der Waals surface area contributed by atoms with Gasteiger partial charge in [0.05, 0.1) is 0 Å². The first kappa shape index (κ1) is 9.88. The monoisotopic (exact) mass is 258 g/mol. The van der Waals surface area contributed by atoms with Crippen LogP contribution in [0, 0.1) is 0 Å². The van der Waals surface area contributed by atoms with Crippen LogP contribution in [0.25, 0.3) is 0 Å². The van der Waals surface area contributed by atoms with Gasteiger partial charge in [-0.1, -0.05) is 0 Å². The van der Waals surface area contributed by atoms with Crippen molar-refractivity contribution in [2.24, 2.45) is 0 Å². The van der Waals surface area contributed by atoms with Gasteiger partial charge in [-0.15, -0.1) is 34.0 Å². The highest BCUT2D eigenvalue weighted by molar-refractivity contribution is 8.93. The van der Waals surface area contributed by atoms with Crippen molar-refractivity contribution in [2.45, 2.75) is 18.5 Å². The number of rotatable bonds is 0. The molecule has 9 heavy (non-hydrogen) atoms. The summed E-state index contributed by atoms with van der Waals surface area (Å²) in [6.07, 6.45) is 1.36. The van der Waals surface area contributed by atoms with Gasteiger partial charge < -0.3 is 10.6 Å². The van der Waals surface area contributed by atoms with Gasteiger partial charge >= 0.3 is 0 Å². The minimum atomic E-state index is 0. The van der Waals surface area contributed by atoms with Gasteiger partial charge in [-0.25, -0.2) is 0 Å². The van der Waals surface area contributed by atoms with Gasteiger partial charge in [0.1, 0.15) is 0 Å². The normalized spacial score (nSPS) is 37.3. The zero-order chi connectivity index (χ0) is 4.69. The number of hydrogen-bond donors (Lipinski definition) is 2. The summed E-state index contributed by atoms with van der Waals surface area (Å²) in [5.41, 5.74) is 0. The molecule has 0 radical (unpaired) electrons. The Labute approximate surface area is 76.3 Å². The zero-order valence-electron chi connectivity index (χ0n) is 5.09. The van der Waals surface area contributed by atoms with E-state index in [4.69, 9.17) is 0 Å². The second kappa shape index (κ2) is 3.91. The van der Waals surface area contributed by atoms with Crippen LogP contribution in [-0.2, 0) is 0 Å². The third-order valence-corrected chi connectivity index (χ3v) is 1.87. The van der Waals surface area contributed by atoms with Crippen LogP contribution in [0.2, 0.25) is 0 Å². The summed E-state index contributed by atoms with van der Waals surface area (Å²) < 4.78 is 0. The lowest BCUT2D eigenvalue weighted by Gasteiger charge is -2.10. The van der Waals surface area contributed by atoms with Crippen LogP contribution in [-0.4, -0.2) is 25.2 Å². The van der Waals surface area contributed by atoms with E-state index in [1.54, 1.807) is 0 Å². The molecule has 2 saturated heterocycles. The Morgan fingerprint density at radius 3 is 1.44 bits per heavy atom. The molecular formula is C5H12Br2N2. The third kappa shape index (κ3) is 1.90. The fourth-order valence-corrected chi connectivity index (χ4v) is 1.44. The van der Waals surface area contributed by atoms with E-state index in [1.807, 2.05) is 0 Å². The van der Waals surface area contributed by atoms with Gasteiger partial charge in [0.15, 0.2) is 0 Å². The second-order valence-corrected chi connectivity index (χ2v) is 2.45. The molecule has 2 rings (SSSR count). The summed E-state index contributed by atoms with van der Waals surface area (Å²) in [5, 5.41) is 6.79. The van der Waals surface area contributed by atoms with Crippen LogP contribution in [0.15, 0.2) is 0 Å². The largest absolute Gasteiger partial charge is 0.311 e. The first-order valence-corrected chi connectivity index (χ1v) is 2.92. The summed E-state index contributed by atoms with van der Waals surface area (Å²) in [6, 6.07) is 1.62. The molecule has 2 nitrogen and oxygen atoms in total. The molecule has 0 aromatic heterocycles. The van der Waals surface area contributed by atoms with E-state index in [1.165, 1.54) is 19.5 Å². The van der Waals surface area contributed by atoms with Crippen molar-refractivity contribution < 1.29 is 0 Å². The van der Waals surface area contributed by atoms with Crippen molar-refractivity contribution >= 4 is 34.0 Å². The molecule has 4 heteroatoms. The zero-order valence-corrected chi connectivity index (χ0v) is 8.52. The number of fused-ring (bicyclic) bond motifs is 2. The summed E-state index contributed by atoms with van der Waals surface area (Å²) in [7, 11) is 0. The number of nitrogens with one attached hydrogen (secondary N) is 2. The van der Waals surface area contributed by atoms with E-state index in [-0.39, 0.29) is 34.0 Å². The summed E-state index contributed by atoms with van der Waals surface area (Å²) in [4.78, 5) is 0. The summed E-state index contributed by atoms with van der Waals surface area (Å²) in [6.45, 7) is 2.40. The first-order valence-electron chi connectivity index (χ1n) is 2.92. The van der Waals surface area contributed by atoms with Crippen LogP contribution in [0.3, 0.4) is 0 Å². The molecule has 0 aliphatic carbocycles. The highest BCUT2D eigenvalue weighted by atomic mass is 79.9. The first-order chi connectivity index (χ1) is 3.45. The minimum absolute atomic E-state index is 0. The van der Waals surface area contributed by atoms with Gasteiger partial charge in [-0.05, 0) is 6.42 Å². The Balaban J connectivity index is 0.000000320. The van der Waals surface area contributed by atoms with E-state index < -0.39 is 0 Å². The molecule has 2 aliphatic heterocycles. The van der Waals surface area contributed by atoms with Crippen LogP contribution in [0.1, 0.15) is 6.42 Å². The Bertz CT molecular complexity index is 71.0. The number of hydrogen-bond acceptors (Lipinski definition) is 2. The summed E-state index contributed by atoms with van der Waals surface area (Å²) >= 11 is 0. The quantitative estimate of drug-likeness (QED) is 0.661. The van der Waals surface area contributed by atoms with E-state index in [9.17, 15) is 0 Å². The molecule has 2 bridgehead atoms. The third-order valence-electron chi connectivity index (χ3n) is 1.87. The topological polar surface area (TPSA) is 24.1 Å². The molecule has 0 saturated carbocycles. The molecule has 0 aromatic rings. The molecule has 2 atom stereocenters. The van der Waals surface area contributed by atoms with E-state index in [2.05, 4.69) is 10.6 Å². The van der Waals surface area contributed by atoms with Crippen molar-refractivity contribution in [1.29, 1.82) is 0 Å². The molecule has 0 aromatic carbocycles. The molecule has 2 heterocycles. The molecule has 2 fully saturated rings. The Morgan fingerprint density at radius 1 is 0.889 bits per heavy atom. The minimum Gasteiger partial charge on any atom is -0.311 e. The molecule has 0 amide bonds. The van der Waals surface area contributed by atoms with Gasteiger partial charge in [0.2, 0.25) is 0 Å². The Hall–Kier alpha value is 0.880. The van der Waals surface area contributed by atoms with Crippen LogP contribution in [0.4, 0.5) is 0 Å². The maximum Gasteiger partial charge on any atom is 0.0208 e. The van der Waals surface area contributed by atoms with E-state index in [0.29, 0.717) is 0 Å². The van der Waals surface area contributed by atoms with Crippen molar-refractivity contribution in [3.63, 3.8) is 0 Å². The van der Waals surface area contributed by atoms with Gasteiger partial charge in [0, 0.05) is 25.2 Å². The van der Waals surface area contributed by atoms with Gasteiger partial charge in [-0.3, -0.25) is 0 Å². The van der Waals surface area contributed by atoms with Crippen LogP contribution >= 0.6 is 34.0 Å². The molecule has 2 aliphatic rings. The average molecular weight is 260 g/mol. The lowest BCUT2D eigenvalue weighted by atomic mass is 10.3. The fraction of sp³-hybridized carbons (Fsp3) is 1.00. The average Bonchev–Trinajstić information content (AvgIpc) is 2.22. The molecule has 56 valence electrons. The van der Waals surface area contributed by atoms with Gasteiger partial charge in [0.25, 0.3) is 0 Å². The molecular weight excluding hydrogens is 248 g/mol. The molecule has 0 spiro atoms. The standard InChI is InChI=1S/C5H10N2.2BrH/c1-4-2-6-5(1)3-7-4;;/h4-7H,1-3H2;2*1H. The van der Waals surface area contributed by atoms with E-state index >= 15 is 0 Å². The number of halogens is 2. The van der Waals surface area contributed by atoms with E-state index in [0.717, 1.165) is 12.1 Å². The predicted octanol–water partition coefficient (Wildman–Crippen LogP) is 0.476. The van der Waals surface area contributed by atoms with Crippen LogP contribution < -0.4 is 10.6 Å². The number of piperazine rings is 1. The Kier molecular flexibility index (Phi) is 4.29. The maximum atomic E-state index is 3.39. The molecule has 2 N–H and O–H groups in total. The van der Waals surface area contributed by atoms with Crippen molar-refractivity contribution in [2.75, 3.05) is 13.1 Å². The smallest absolute Gasteiger partial charge is 0.0208 e. The lowest BCUT2D eigenvalue weighted by Crippen LogP contribution is -2.39. The maximum absolute atomic E-state index is 3.39. The molecule has 2 unspecified atom stereocenters. The van der Waals surface area contributed by atoms with Crippen LogP contribution in [0.5, 0.6) is 0 Å². The van der Waals surface area contributed by atoms with Crippen molar-refractivity contribution in [1.82, 2.24) is 10.6 Å². The Morgan fingerprint density at radius 2 is 1.33 bits per heavy atom. The highest BCUT2D eigenvalue weighted by Gasteiger charge is 2.29. The SMILES string of the molecule is Br.Br.C1NC2CNC1C2. The highest BCUT2D eigenvalue weighted by Crippen LogP contribution is 2.11. The predicted molar refractivity (Wildman–Crippen MR) is 48.8 cm³/mol. The fourth-order valence-electron chi connectivity index (χ4n) is 1.44. The summed E-state index contributed by atoms with van der Waals surface area (Å²) in [5.74, 6) is 0. The van der Waals surface area contributed by atoms with Crippen molar-refractivity contribution in [3.05, 3.63) is 0 Å². The second-order valence-electron chi connectivity index (χ2n) is 2.45.